The molecule has 1 amide bonds. The van der Waals surface area contributed by atoms with E-state index >= 15 is 0 Å². The van der Waals surface area contributed by atoms with Gasteiger partial charge in [0.25, 0.3) is 5.56 Å². The number of halogens is 1. The SMILES string of the molecule is CC(=O)Nc1nc2c(nc(Br)n2COCCOC(C)=O)c(=O)[nH]1. The second kappa shape index (κ2) is 7.33. The Labute approximate surface area is 138 Å². The first-order valence-electron chi connectivity index (χ1n) is 6.53. The van der Waals surface area contributed by atoms with Crippen LogP contribution in [0.2, 0.25) is 0 Å². The van der Waals surface area contributed by atoms with Crippen LogP contribution >= 0.6 is 15.9 Å². The first kappa shape index (κ1) is 17.1. The number of rotatable bonds is 6. The lowest BCUT2D eigenvalue weighted by molar-refractivity contribution is -0.142. The van der Waals surface area contributed by atoms with E-state index in [1.165, 1.54) is 18.4 Å². The Morgan fingerprint density at radius 3 is 2.70 bits per heavy atom. The summed E-state index contributed by atoms with van der Waals surface area (Å²) in [5, 5.41) is 2.40. The van der Waals surface area contributed by atoms with Gasteiger partial charge in [0.1, 0.15) is 13.3 Å². The van der Waals surface area contributed by atoms with Gasteiger partial charge in [0.15, 0.2) is 15.9 Å². The second-order valence-corrected chi connectivity index (χ2v) is 5.16. The van der Waals surface area contributed by atoms with Crippen LogP contribution in [0.25, 0.3) is 11.2 Å². The largest absolute Gasteiger partial charge is 0.463 e. The summed E-state index contributed by atoms with van der Waals surface area (Å²) in [6.45, 7) is 2.93. The average molecular weight is 388 g/mol. The molecule has 0 aliphatic heterocycles. The molecule has 2 aromatic rings. The van der Waals surface area contributed by atoms with Crippen molar-refractivity contribution in [3.63, 3.8) is 0 Å². The third kappa shape index (κ3) is 4.36. The van der Waals surface area contributed by atoms with Crippen molar-refractivity contribution in [2.24, 2.45) is 0 Å². The van der Waals surface area contributed by atoms with Gasteiger partial charge < -0.3 is 9.47 Å². The Morgan fingerprint density at radius 2 is 2.04 bits per heavy atom. The Balaban J connectivity index is 2.19. The molecule has 2 aromatic heterocycles. The molecule has 0 aromatic carbocycles. The fraction of sp³-hybridized carbons (Fsp3) is 0.417. The number of imidazole rings is 1. The third-order valence-electron chi connectivity index (χ3n) is 2.61. The molecule has 0 aliphatic carbocycles. The van der Waals surface area contributed by atoms with Crippen LogP contribution in [0, 0.1) is 0 Å². The molecule has 0 fully saturated rings. The van der Waals surface area contributed by atoms with Crippen LogP contribution < -0.4 is 10.9 Å². The molecule has 0 aliphatic rings. The van der Waals surface area contributed by atoms with E-state index in [1.54, 1.807) is 0 Å². The molecule has 0 saturated carbocycles. The number of esters is 1. The quantitative estimate of drug-likeness (QED) is 0.416. The molecule has 0 spiro atoms. The maximum absolute atomic E-state index is 12.0. The summed E-state index contributed by atoms with van der Waals surface area (Å²) in [5.41, 5.74) is -0.135. The van der Waals surface area contributed by atoms with Crippen LogP contribution in [-0.4, -0.2) is 44.6 Å². The van der Waals surface area contributed by atoms with Crippen molar-refractivity contribution in [2.75, 3.05) is 18.5 Å². The standard InChI is InChI=1S/C12H14BrN5O5/c1-6(19)14-12-16-9-8(10(21)17-12)15-11(13)18(9)5-22-3-4-23-7(2)20/h3-5H2,1-2H3,(H2,14,16,17,19,21). The number of H-pyrrole nitrogens is 1. The van der Waals surface area contributed by atoms with Crippen LogP contribution in [-0.2, 0) is 25.8 Å². The minimum absolute atomic E-state index is 0.0172. The fourth-order valence-corrected chi connectivity index (χ4v) is 2.17. The molecule has 0 atom stereocenters. The molecule has 10 nitrogen and oxygen atoms in total. The van der Waals surface area contributed by atoms with Gasteiger partial charge in [-0.1, -0.05) is 0 Å². The molecule has 2 N–H and O–H groups in total. The molecule has 2 rings (SSSR count). The van der Waals surface area contributed by atoms with E-state index in [1.807, 2.05) is 0 Å². The van der Waals surface area contributed by atoms with Crippen molar-refractivity contribution in [1.82, 2.24) is 19.5 Å². The third-order valence-corrected chi connectivity index (χ3v) is 3.21. The van der Waals surface area contributed by atoms with E-state index in [0.717, 1.165) is 0 Å². The zero-order chi connectivity index (χ0) is 17.0. The number of ether oxygens (including phenoxy) is 2. The molecule has 0 radical (unpaired) electrons. The number of nitrogens with one attached hydrogen (secondary N) is 2. The number of amides is 1. The van der Waals surface area contributed by atoms with Crippen molar-refractivity contribution in [3.05, 3.63) is 15.1 Å². The highest BCUT2D eigenvalue weighted by Gasteiger charge is 2.15. The summed E-state index contributed by atoms with van der Waals surface area (Å²) in [6.07, 6.45) is 0. The Morgan fingerprint density at radius 1 is 1.30 bits per heavy atom. The number of carbonyl (C=O) groups is 2. The second-order valence-electron chi connectivity index (χ2n) is 4.45. The fourth-order valence-electron chi connectivity index (χ4n) is 1.72. The van der Waals surface area contributed by atoms with Crippen LogP contribution in [0.1, 0.15) is 13.8 Å². The van der Waals surface area contributed by atoms with Crippen LogP contribution in [0.15, 0.2) is 9.53 Å². The van der Waals surface area contributed by atoms with Gasteiger partial charge in [-0.2, -0.15) is 4.98 Å². The monoisotopic (exact) mass is 387 g/mol. The summed E-state index contributed by atoms with van der Waals surface area (Å²) < 4.78 is 11.9. The van der Waals surface area contributed by atoms with Crippen LogP contribution in [0.3, 0.4) is 0 Å². The minimum Gasteiger partial charge on any atom is -0.463 e. The molecule has 2 heterocycles. The number of fused-ring (bicyclic) bond motifs is 1. The van der Waals surface area contributed by atoms with E-state index in [4.69, 9.17) is 9.47 Å². The zero-order valence-electron chi connectivity index (χ0n) is 12.4. The Hall–Kier alpha value is -2.27. The average Bonchev–Trinajstić information content (AvgIpc) is 2.75. The summed E-state index contributed by atoms with van der Waals surface area (Å²) in [4.78, 5) is 44.3. The molecule has 0 saturated heterocycles. The van der Waals surface area contributed by atoms with E-state index in [2.05, 4.69) is 36.2 Å². The highest BCUT2D eigenvalue weighted by molar-refractivity contribution is 9.10. The predicted octanol–water partition coefficient (Wildman–Crippen LogP) is 0.378. The molecule has 23 heavy (non-hydrogen) atoms. The zero-order valence-corrected chi connectivity index (χ0v) is 14.0. The number of hydrogen-bond acceptors (Lipinski definition) is 7. The summed E-state index contributed by atoms with van der Waals surface area (Å²) in [5.74, 6) is -0.741. The van der Waals surface area contributed by atoms with E-state index in [9.17, 15) is 14.4 Å². The summed E-state index contributed by atoms with van der Waals surface area (Å²) in [6, 6.07) is 0. The molecular weight excluding hydrogens is 374 g/mol. The lowest BCUT2D eigenvalue weighted by Crippen LogP contribution is -2.17. The van der Waals surface area contributed by atoms with Gasteiger partial charge in [0, 0.05) is 13.8 Å². The van der Waals surface area contributed by atoms with Crippen molar-refractivity contribution < 1.29 is 19.1 Å². The molecule has 11 heteroatoms. The number of aromatic amines is 1. The first-order chi connectivity index (χ1) is 10.9. The van der Waals surface area contributed by atoms with Crippen molar-refractivity contribution in [1.29, 1.82) is 0 Å². The first-order valence-corrected chi connectivity index (χ1v) is 7.32. The van der Waals surface area contributed by atoms with Gasteiger partial charge >= 0.3 is 5.97 Å². The van der Waals surface area contributed by atoms with Crippen molar-refractivity contribution in [3.8, 4) is 0 Å². The van der Waals surface area contributed by atoms with Gasteiger partial charge in [-0.3, -0.25) is 29.3 Å². The highest BCUT2D eigenvalue weighted by Crippen LogP contribution is 2.16. The Kier molecular flexibility index (Phi) is 5.45. The predicted molar refractivity (Wildman–Crippen MR) is 82.7 cm³/mol. The van der Waals surface area contributed by atoms with E-state index in [-0.39, 0.29) is 43.0 Å². The molecule has 124 valence electrons. The number of carbonyl (C=O) groups excluding carboxylic acids is 2. The Bertz CT molecular complexity index is 799. The van der Waals surface area contributed by atoms with Crippen molar-refractivity contribution >= 4 is 44.9 Å². The number of aromatic nitrogens is 4. The van der Waals surface area contributed by atoms with Gasteiger partial charge in [0.05, 0.1) is 6.61 Å². The maximum Gasteiger partial charge on any atom is 0.302 e. The number of nitrogens with zero attached hydrogens (tertiary/aromatic N) is 3. The topological polar surface area (TPSA) is 128 Å². The smallest absolute Gasteiger partial charge is 0.302 e. The van der Waals surface area contributed by atoms with Crippen molar-refractivity contribution in [2.45, 2.75) is 20.6 Å². The van der Waals surface area contributed by atoms with Gasteiger partial charge in [-0.25, -0.2) is 4.98 Å². The maximum atomic E-state index is 12.0. The van der Waals surface area contributed by atoms with E-state index in [0.29, 0.717) is 4.73 Å². The van der Waals surface area contributed by atoms with Crippen LogP contribution in [0.5, 0.6) is 0 Å². The lowest BCUT2D eigenvalue weighted by Gasteiger charge is -2.07. The molecule has 0 bridgehead atoms. The van der Waals surface area contributed by atoms with Gasteiger partial charge in [0.2, 0.25) is 11.9 Å². The van der Waals surface area contributed by atoms with E-state index < -0.39 is 11.5 Å². The lowest BCUT2D eigenvalue weighted by atomic mass is 10.5. The van der Waals surface area contributed by atoms with Crippen LogP contribution in [0.4, 0.5) is 5.95 Å². The summed E-state index contributed by atoms with van der Waals surface area (Å²) >= 11 is 3.22. The highest BCUT2D eigenvalue weighted by atomic mass is 79.9. The number of anilines is 1. The molecular formula is C12H14BrN5O5. The van der Waals surface area contributed by atoms with Gasteiger partial charge in [-0.15, -0.1) is 0 Å². The normalized spacial score (nSPS) is 10.7. The number of hydrogen-bond donors (Lipinski definition) is 2. The van der Waals surface area contributed by atoms with Gasteiger partial charge in [-0.05, 0) is 15.9 Å². The minimum atomic E-state index is -0.488. The molecule has 0 unspecified atom stereocenters. The summed E-state index contributed by atoms with van der Waals surface area (Å²) in [7, 11) is 0.